The van der Waals surface area contributed by atoms with Gasteiger partial charge < -0.3 is 5.32 Å². The fourth-order valence-corrected chi connectivity index (χ4v) is 2.10. The molecule has 0 aliphatic heterocycles. The molecule has 18 heavy (non-hydrogen) atoms. The van der Waals surface area contributed by atoms with Crippen LogP contribution in [-0.2, 0) is 4.79 Å². The normalized spacial score (nSPS) is 15.1. The number of aromatic nitrogens is 2. The third kappa shape index (κ3) is 2.14. The minimum absolute atomic E-state index is 0.142. The average Bonchev–Trinajstić information content (AvgIpc) is 2.80. The number of H-pyrrole nitrogens is 1. The van der Waals surface area contributed by atoms with Gasteiger partial charge in [-0.05, 0) is 31.0 Å². The lowest BCUT2D eigenvalue weighted by molar-refractivity contribution is -0.122. The van der Waals surface area contributed by atoms with Gasteiger partial charge in [-0.1, -0.05) is 18.6 Å². The Morgan fingerprint density at radius 3 is 2.89 bits per heavy atom. The van der Waals surface area contributed by atoms with Gasteiger partial charge in [0.2, 0.25) is 5.91 Å². The summed E-state index contributed by atoms with van der Waals surface area (Å²) in [5.41, 5.74) is 2.83. The maximum absolute atomic E-state index is 11.9. The molecule has 2 N–H and O–H groups in total. The van der Waals surface area contributed by atoms with Crippen molar-refractivity contribution in [2.45, 2.75) is 19.3 Å². The number of carbonyl (C=O) groups excluding carboxylic acids is 1. The number of anilines is 1. The Balaban J connectivity index is 1.76. The van der Waals surface area contributed by atoms with Gasteiger partial charge in [0.05, 0.1) is 5.69 Å². The molecule has 1 aromatic carbocycles. The number of hydrogen-bond acceptors (Lipinski definition) is 2. The van der Waals surface area contributed by atoms with E-state index in [9.17, 15) is 4.79 Å². The summed E-state index contributed by atoms with van der Waals surface area (Å²) in [5, 5.41) is 9.82. The van der Waals surface area contributed by atoms with Crippen molar-refractivity contribution in [2.75, 3.05) is 5.32 Å². The van der Waals surface area contributed by atoms with Crippen LogP contribution in [0.1, 0.15) is 19.3 Å². The second-order valence-electron chi connectivity index (χ2n) is 4.67. The Hall–Kier alpha value is -2.10. The lowest BCUT2D eigenvalue weighted by Gasteiger charge is -2.24. The molecule has 0 unspecified atom stereocenters. The van der Waals surface area contributed by atoms with Crippen molar-refractivity contribution >= 4 is 11.6 Å². The zero-order valence-corrected chi connectivity index (χ0v) is 10.0. The van der Waals surface area contributed by atoms with Gasteiger partial charge in [-0.25, -0.2) is 0 Å². The van der Waals surface area contributed by atoms with Crippen molar-refractivity contribution in [1.82, 2.24) is 10.2 Å². The van der Waals surface area contributed by atoms with Crippen LogP contribution in [0.2, 0.25) is 0 Å². The van der Waals surface area contributed by atoms with E-state index in [4.69, 9.17) is 0 Å². The number of benzene rings is 1. The number of nitrogens with zero attached hydrogens (tertiary/aromatic N) is 1. The SMILES string of the molecule is O=C(Nc1cccc(-c2ccn[nH]2)c1)C1CCC1. The second kappa shape index (κ2) is 4.64. The Bertz CT molecular complexity index is 544. The smallest absolute Gasteiger partial charge is 0.227 e. The molecule has 0 bridgehead atoms. The molecule has 0 spiro atoms. The molecule has 0 radical (unpaired) electrons. The van der Waals surface area contributed by atoms with E-state index in [0.717, 1.165) is 29.8 Å². The van der Waals surface area contributed by atoms with Gasteiger partial charge in [0.15, 0.2) is 0 Å². The summed E-state index contributed by atoms with van der Waals surface area (Å²) < 4.78 is 0. The largest absolute Gasteiger partial charge is 0.326 e. The van der Waals surface area contributed by atoms with Gasteiger partial charge in [0.25, 0.3) is 0 Å². The molecule has 1 aliphatic carbocycles. The van der Waals surface area contributed by atoms with Crippen LogP contribution < -0.4 is 5.32 Å². The Labute approximate surface area is 105 Å². The van der Waals surface area contributed by atoms with Crippen LogP contribution in [0.15, 0.2) is 36.5 Å². The van der Waals surface area contributed by atoms with Crippen molar-refractivity contribution in [1.29, 1.82) is 0 Å². The molecule has 1 fully saturated rings. The molecule has 1 aromatic heterocycles. The van der Waals surface area contributed by atoms with Crippen LogP contribution in [0.4, 0.5) is 5.69 Å². The van der Waals surface area contributed by atoms with Gasteiger partial charge in [0.1, 0.15) is 0 Å². The summed E-state index contributed by atoms with van der Waals surface area (Å²) in [5.74, 6) is 0.351. The van der Waals surface area contributed by atoms with Gasteiger partial charge in [-0.15, -0.1) is 0 Å². The van der Waals surface area contributed by atoms with Crippen molar-refractivity contribution in [3.8, 4) is 11.3 Å². The molecule has 1 saturated carbocycles. The van der Waals surface area contributed by atoms with Crippen molar-refractivity contribution in [3.63, 3.8) is 0 Å². The number of carbonyl (C=O) groups is 1. The molecule has 0 atom stereocenters. The predicted molar refractivity (Wildman–Crippen MR) is 70.0 cm³/mol. The van der Waals surface area contributed by atoms with Crippen LogP contribution >= 0.6 is 0 Å². The molecule has 1 heterocycles. The van der Waals surface area contributed by atoms with Crippen molar-refractivity contribution in [2.24, 2.45) is 5.92 Å². The molecule has 0 saturated heterocycles. The average molecular weight is 241 g/mol. The quantitative estimate of drug-likeness (QED) is 0.868. The van der Waals surface area contributed by atoms with E-state index >= 15 is 0 Å². The molecular formula is C14H15N3O. The van der Waals surface area contributed by atoms with Crippen LogP contribution in [0, 0.1) is 5.92 Å². The summed E-state index contributed by atoms with van der Waals surface area (Å²) in [6.45, 7) is 0. The first kappa shape index (κ1) is 11.0. The highest BCUT2D eigenvalue weighted by Crippen LogP contribution is 2.28. The Morgan fingerprint density at radius 1 is 1.33 bits per heavy atom. The first-order valence-electron chi connectivity index (χ1n) is 6.23. The lowest BCUT2D eigenvalue weighted by Crippen LogP contribution is -2.27. The Kier molecular flexibility index (Phi) is 2.84. The topological polar surface area (TPSA) is 57.8 Å². The van der Waals surface area contributed by atoms with E-state index in [-0.39, 0.29) is 11.8 Å². The van der Waals surface area contributed by atoms with E-state index in [1.54, 1.807) is 6.20 Å². The molecule has 1 amide bonds. The Morgan fingerprint density at radius 2 is 2.22 bits per heavy atom. The van der Waals surface area contributed by atoms with Crippen LogP contribution in [0.3, 0.4) is 0 Å². The van der Waals surface area contributed by atoms with Crippen molar-refractivity contribution in [3.05, 3.63) is 36.5 Å². The number of nitrogens with one attached hydrogen (secondary N) is 2. The first-order chi connectivity index (χ1) is 8.83. The maximum Gasteiger partial charge on any atom is 0.227 e. The number of rotatable bonds is 3. The van der Waals surface area contributed by atoms with Crippen molar-refractivity contribution < 1.29 is 4.79 Å². The highest BCUT2D eigenvalue weighted by atomic mass is 16.1. The summed E-state index contributed by atoms with van der Waals surface area (Å²) in [7, 11) is 0. The van der Waals surface area contributed by atoms with Gasteiger partial charge in [-0.2, -0.15) is 5.10 Å². The monoisotopic (exact) mass is 241 g/mol. The molecule has 4 nitrogen and oxygen atoms in total. The van der Waals surface area contributed by atoms with E-state index in [1.165, 1.54) is 6.42 Å². The van der Waals surface area contributed by atoms with Crippen LogP contribution in [-0.4, -0.2) is 16.1 Å². The minimum Gasteiger partial charge on any atom is -0.326 e. The van der Waals surface area contributed by atoms with Gasteiger partial charge >= 0.3 is 0 Å². The van der Waals surface area contributed by atoms with Crippen LogP contribution in [0.5, 0.6) is 0 Å². The molecule has 4 heteroatoms. The fourth-order valence-electron chi connectivity index (χ4n) is 2.10. The number of amides is 1. The summed E-state index contributed by atoms with van der Waals surface area (Å²) >= 11 is 0. The first-order valence-corrected chi connectivity index (χ1v) is 6.23. The second-order valence-corrected chi connectivity index (χ2v) is 4.67. The van der Waals surface area contributed by atoms with E-state index < -0.39 is 0 Å². The fraction of sp³-hybridized carbons (Fsp3) is 0.286. The minimum atomic E-state index is 0.142. The van der Waals surface area contributed by atoms with E-state index in [2.05, 4.69) is 15.5 Å². The predicted octanol–water partition coefficient (Wildman–Crippen LogP) is 2.82. The molecular weight excluding hydrogens is 226 g/mol. The third-order valence-corrected chi connectivity index (χ3v) is 3.42. The lowest BCUT2D eigenvalue weighted by atomic mass is 9.85. The third-order valence-electron chi connectivity index (χ3n) is 3.42. The highest BCUT2D eigenvalue weighted by Gasteiger charge is 2.25. The molecule has 2 aromatic rings. The zero-order valence-electron chi connectivity index (χ0n) is 10.0. The van der Waals surface area contributed by atoms with E-state index in [0.29, 0.717) is 0 Å². The van der Waals surface area contributed by atoms with E-state index in [1.807, 2.05) is 30.3 Å². The molecule has 3 rings (SSSR count). The van der Waals surface area contributed by atoms with Gasteiger partial charge in [0, 0.05) is 23.4 Å². The zero-order chi connectivity index (χ0) is 12.4. The molecule has 1 aliphatic rings. The standard InChI is InChI=1S/C14H15N3O/c18-14(10-3-1-4-10)16-12-6-2-5-11(9-12)13-7-8-15-17-13/h2,5-10H,1,3-4H2,(H,15,17)(H,16,18). The molecule has 92 valence electrons. The summed E-state index contributed by atoms with van der Waals surface area (Å²) in [6.07, 6.45) is 4.93. The number of aromatic amines is 1. The summed E-state index contributed by atoms with van der Waals surface area (Å²) in [6, 6.07) is 9.71. The van der Waals surface area contributed by atoms with Gasteiger partial charge in [-0.3, -0.25) is 9.89 Å². The highest BCUT2D eigenvalue weighted by molar-refractivity contribution is 5.93. The van der Waals surface area contributed by atoms with Crippen LogP contribution in [0.25, 0.3) is 11.3 Å². The number of hydrogen-bond donors (Lipinski definition) is 2. The summed E-state index contributed by atoms with van der Waals surface area (Å²) in [4.78, 5) is 11.9. The maximum atomic E-state index is 11.9.